The highest BCUT2D eigenvalue weighted by molar-refractivity contribution is 7.98. The van der Waals surface area contributed by atoms with Crippen molar-refractivity contribution in [3.8, 4) is 11.1 Å². The fourth-order valence-electron chi connectivity index (χ4n) is 4.47. The maximum absolute atomic E-state index is 13.8. The first-order valence-corrected chi connectivity index (χ1v) is 15.3. The van der Waals surface area contributed by atoms with Crippen LogP contribution in [0.15, 0.2) is 85.5 Å². The van der Waals surface area contributed by atoms with Crippen LogP contribution in [0.3, 0.4) is 0 Å². The lowest BCUT2D eigenvalue weighted by Gasteiger charge is -2.25. The molecule has 0 saturated heterocycles. The third-order valence-corrected chi connectivity index (χ3v) is 7.16. The van der Waals surface area contributed by atoms with E-state index in [1.54, 1.807) is 75.4 Å². The molecule has 0 unspecified atom stereocenters. The molecule has 0 fully saturated rings. The molecule has 1 aromatic heterocycles. The van der Waals surface area contributed by atoms with Crippen molar-refractivity contribution < 1.29 is 23.1 Å². The quantitative estimate of drug-likeness (QED) is 0.144. The maximum atomic E-state index is 13.8. The van der Waals surface area contributed by atoms with Gasteiger partial charge in [-0.2, -0.15) is 11.8 Å². The molecule has 43 heavy (non-hydrogen) atoms. The number of benzene rings is 3. The van der Waals surface area contributed by atoms with Gasteiger partial charge in [-0.05, 0) is 110 Å². The Morgan fingerprint density at radius 3 is 2.30 bits per heavy atom. The number of hydrogen-bond donors (Lipinski definition) is 1. The van der Waals surface area contributed by atoms with Crippen molar-refractivity contribution in [1.82, 2.24) is 14.9 Å². The number of nitrogens with one attached hydrogen (secondary N) is 1. The number of carbonyl (C=O) groups excluding carboxylic acids is 2. The lowest BCUT2D eigenvalue weighted by Crippen LogP contribution is -2.44. The van der Waals surface area contributed by atoms with E-state index in [4.69, 9.17) is 4.74 Å². The number of nitrogens with zero attached hydrogens (tertiary/aromatic N) is 2. The van der Waals surface area contributed by atoms with E-state index in [9.17, 15) is 18.4 Å². The molecule has 0 spiro atoms. The second-order valence-corrected chi connectivity index (χ2v) is 12.0. The minimum atomic E-state index is -0.833. The zero-order valence-electron chi connectivity index (χ0n) is 24.6. The Hall–Kier alpha value is -4.24. The topological polar surface area (TPSA) is 73.2 Å². The van der Waals surface area contributed by atoms with Crippen LogP contribution >= 0.6 is 11.8 Å². The number of imidazole rings is 1. The molecule has 3 aromatic carbocycles. The van der Waals surface area contributed by atoms with Gasteiger partial charge in [-0.15, -0.1) is 0 Å². The maximum Gasteiger partial charge on any atom is 0.329 e. The Balaban J connectivity index is 1.74. The fraction of sp³-hybridized carbons (Fsp3) is 0.265. The zero-order chi connectivity index (χ0) is 31.0. The van der Waals surface area contributed by atoms with Crippen molar-refractivity contribution in [2.45, 2.75) is 45.4 Å². The number of hydrogen-bond acceptors (Lipinski definition) is 5. The van der Waals surface area contributed by atoms with Crippen LogP contribution in [-0.4, -0.2) is 45.1 Å². The summed E-state index contributed by atoms with van der Waals surface area (Å²) in [6, 6.07) is 16.7. The Morgan fingerprint density at radius 1 is 1.02 bits per heavy atom. The molecule has 0 saturated carbocycles. The molecule has 1 atom stereocenters. The number of rotatable bonds is 11. The molecule has 6 nitrogen and oxygen atoms in total. The molecule has 4 aromatic rings. The molecule has 0 radical (unpaired) electrons. The van der Waals surface area contributed by atoms with E-state index in [1.165, 1.54) is 24.3 Å². The molecule has 1 heterocycles. The summed E-state index contributed by atoms with van der Waals surface area (Å²) >= 11 is 1.57. The van der Waals surface area contributed by atoms with E-state index in [0.717, 1.165) is 16.7 Å². The van der Waals surface area contributed by atoms with Crippen LogP contribution in [0.4, 0.5) is 8.78 Å². The lowest BCUT2D eigenvalue weighted by molar-refractivity contribution is -0.157. The molecule has 4 rings (SSSR count). The van der Waals surface area contributed by atoms with Gasteiger partial charge in [-0.25, -0.2) is 18.6 Å². The summed E-state index contributed by atoms with van der Waals surface area (Å²) in [5, 5.41) is 2.87. The summed E-state index contributed by atoms with van der Waals surface area (Å²) in [5.41, 5.74) is 3.33. The summed E-state index contributed by atoms with van der Waals surface area (Å²) < 4.78 is 35.0. The van der Waals surface area contributed by atoms with Gasteiger partial charge in [0, 0.05) is 24.5 Å². The fourth-order valence-corrected chi connectivity index (χ4v) is 4.95. The Labute approximate surface area is 255 Å². The van der Waals surface area contributed by atoms with Crippen molar-refractivity contribution >= 4 is 35.3 Å². The highest BCUT2D eigenvalue weighted by Gasteiger charge is 2.27. The monoisotopic (exact) mass is 603 g/mol. The first kappa shape index (κ1) is 31.7. The molecule has 0 aliphatic carbocycles. The number of amides is 1. The minimum absolute atomic E-state index is 0.332. The van der Waals surface area contributed by atoms with Gasteiger partial charge in [0.25, 0.3) is 5.91 Å². The normalized spacial score (nSPS) is 12.6. The summed E-state index contributed by atoms with van der Waals surface area (Å²) in [6.07, 6.45) is 9.53. The number of esters is 1. The van der Waals surface area contributed by atoms with Crippen LogP contribution in [0.2, 0.25) is 0 Å². The van der Waals surface area contributed by atoms with Crippen molar-refractivity contribution in [2.75, 3.05) is 12.0 Å². The molecular weight excluding hydrogens is 568 g/mol. The Bertz CT molecular complexity index is 1560. The second kappa shape index (κ2) is 14.3. The van der Waals surface area contributed by atoms with E-state index in [-0.39, 0.29) is 5.82 Å². The average Bonchev–Trinajstić information content (AvgIpc) is 3.48. The van der Waals surface area contributed by atoms with Crippen LogP contribution in [-0.2, 0) is 16.1 Å². The van der Waals surface area contributed by atoms with Crippen molar-refractivity contribution in [3.05, 3.63) is 114 Å². The van der Waals surface area contributed by atoms with Crippen molar-refractivity contribution in [1.29, 1.82) is 0 Å². The van der Waals surface area contributed by atoms with Crippen LogP contribution < -0.4 is 5.32 Å². The third kappa shape index (κ3) is 9.12. The predicted molar refractivity (Wildman–Crippen MR) is 168 cm³/mol. The van der Waals surface area contributed by atoms with Gasteiger partial charge in [0.15, 0.2) is 0 Å². The largest absolute Gasteiger partial charge is 0.458 e. The summed E-state index contributed by atoms with van der Waals surface area (Å²) in [4.78, 5) is 30.8. The molecule has 0 aliphatic rings. The van der Waals surface area contributed by atoms with Crippen LogP contribution in [0.25, 0.3) is 22.8 Å². The van der Waals surface area contributed by atoms with E-state index in [1.807, 2.05) is 35.2 Å². The van der Waals surface area contributed by atoms with E-state index in [0.29, 0.717) is 35.4 Å². The molecule has 224 valence electrons. The van der Waals surface area contributed by atoms with E-state index in [2.05, 4.69) is 10.3 Å². The lowest BCUT2D eigenvalue weighted by atomic mass is 9.94. The average molecular weight is 604 g/mol. The SMILES string of the molecule is CSCC[C@H](NC(=O)c1ccc(/C=C(/Cn2ccnc2)c2ccc(F)cc2)cc1-c1ccc(F)cc1)C(=O)OC(C)(C)C. The molecule has 1 amide bonds. The second-order valence-electron chi connectivity index (χ2n) is 11.1. The van der Waals surface area contributed by atoms with E-state index >= 15 is 0 Å². The first-order valence-electron chi connectivity index (χ1n) is 13.9. The van der Waals surface area contributed by atoms with Gasteiger partial charge in [0.05, 0.1) is 6.33 Å². The van der Waals surface area contributed by atoms with E-state index < -0.39 is 29.3 Å². The number of thioether (sulfide) groups is 1. The van der Waals surface area contributed by atoms with Crippen molar-refractivity contribution in [2.24, 2.45) is 0 Å². The summed E-state index contributed by atoms with van der Waals surface area (Å²) in [5.74, 6) is -1.01. The molecule has 0 bridgehead atoms. The molecule has 9 heteroatoms. The smallest absolute Gasteiger partial charge is 0.329 e. The van der Waals surface area contributed by atoms with Crippen molar-refractivity contribution in [3.63, 3.8) is 0 Å². The molecule has 1 N–H and O–H groups in total. The van der Waals surface area contributed by atoms with Crippen LogP contribution in [0, 0.1) is 11.6 Å². The highest BCUT2D eigenvalue weighted by atomic mass is 32.2. The number of carbonyl (C=O) groups is 2. The molecular formula is C34H35F2N3O3S. The number of ether oxygens (including phenoxy) is 1. The third-order valence-electron chi connectivity index (χ3n) is 6.52. The summed E-state index contributed by atoms with van der Waals surface area (Å²) in [6.45, 7) is 5.82. The van der Waals surface area contributed by atoms with Gasteiger partial charge < -0.3 is 14.6 Å². The number of halogens is 2. The number of allylic oxidation sites excluding steroid dienone is 1. The first-order chi connectivity index (χ1) is 20.5. The summed E-state index contributed by atoms with van der Waals surface area (Å²) in [7, 11) is 0. The van der Waals surface area contributed by atoms with Gasteiger partial charge in [-0.1, -0.05) is 30.3 Å². The minimum Gasteiger partial charge on any atom is -0.458 e. The number of aromatic nitrogens is 2. The van der Waals surface area contributed by atoms with Gasteiger partial charge in [0.2, 0.25) is 0 Å². The Kier molecular flexibility index (Phi) is 10.5. The highest BCUT2D eigenvalue weighted by Crippen LogP contribution is 2.29. The standard InChI is InChI=1S/C34H35F2N3O3S/c1-34(2,3)42-33(41)31(15-18-43-4)38-32(40)29-14-5-23(20-30(29)25-8-12-28(36)13-9-25)19-26(21-39-17-16-37-22-39)24-6-10-27(35)11-7-24/h5-14,16-17,19-20,22,31H,15,18,21H2,1-4H3,(H,38,40)/b26-19-/t31-/m0/s1. The molecule has 0 aliphatic heterocycles. The van der Waals surface area contributed by atoms with Crippen LogP contribution in [0.1, 0.15) is 48.7 Å². The predicted octanol–water partition coefficient (Wildman–Crippen LogP) is 7.26. The Morgan fingerprint density at radius 2 is 1.70 bits per heavy atom. The van der Waals surface area contributed by atoms with Gasteiger partial charge >= 0.3 is 5.97 Å². The zero-order valence-corrected chi connectivity index (χ0v) is 25.5. The van der Waals surface area contributed by atoms with Gasteiger partial charge in [-0.3, -0.25) is 4.79 Å². The van der Waals surface area contributed by atoms with Crippen LogP contribution in [0.5, 0.6) is 0 Å². The van der Waals surface area contributed by atoms with Gasteiger partial charge in [0.1, 0.15) is 23.3 Å².